The molecule has 2 heteroatoms. The van der Waals surface area contributed by atoms with Gasteiger partial charge >= 0.3 is 0 Å². The molecule has 0 aliphatic carbocycles. The molecule has 0 radical (unpaired) electrons. The van der Waals surface area contributed by atoms with E-state index in [1.807, 2.05) is 24.5 Å². The second kappa shape index (κ2) is 7.87. The summed E-state index contributed by atoms with van der Waals surface area (Å²) in [5.74, 6) is 0. The smallest absolute Gasteiger partial charge is 0.0511 e. The molecule has 1 aromatic heterocycles. The maximum absolute atomic E-state index is 4.13. The molecule has 0 aliphatic rings. The molecule has 0 bridgehead atoms. The average molecular weight is 195 g/mol. The molecular formula is C11H17NS. The van der Waals surface area contributed by atoms with Gasteiger partial charge in [0.05, 0.1) is 5.69 Å². The molecule has 0 N–H and O–H groups in total. The van der Waals surface area contributed by atoms with Crippen molar-refractivity contribution >= 4 is 11.8 Å². The van der Waals surface area contributed by atoms with Crippen molar-refractivity contribution < 1.29 is 0 Å². The highest BCUT2D eigenvalue weighted by Gasteiger charge is 1.93. The molecule has 1 heterocycles. The molecule has 0 fully saturated rings. The largest absolute Gasteiger partial charge is 0.260 e. The van der Waals surface area contributed by atoms with Gasteiger partial charge < -0.3 is 0 Å². The van der Waals surface area contributed by atoms with Crippen LogP contribution in [0.15, 0.2) is 35.2 Å². The van der Waals surface area contributed by atoms with Gasteiger partial charge in [-0.1, -0.05) is 38.6 Å². The highest BCUT2D eigenvalue weighted by molar-refractivity contribution is 8.02. The van der Waals surface area contributed by atoms with Crippen LogP contribution in [0.3, 0.4) is 0 Å². The van der Waals surface area contributed by atoms with Crippen LogP contribution in [-0.2, 0) is 0 Å². The van der Waals surface area contributed by atoms with Crippen molar-refractivity contribution in [2.24, 2.45) is 0 Å². The van der Waals surface area contributed by atoms with E-state index in [9.17, 15) is 0 Å². The first-order valence-corrected chi connectivity index (χ1v) is 5.33. The second-order valence-electron chi connectivity index (χ2n) is 2.58. The van der Waals surface area contributed by atoms with E-state index in [2.05, 4.69) is 25.4 Å². The topological polar surface area (TPSA) is 12.9 Å². The molecule has 1 nitrogen and oxygen atoms in total. The van der Waals surface area contributed by atoms with Gasteiger partial charge in [-0.2, -0.15) is 0 Å². The minimum atomic E-state index is 1.06. The number of rotatable bonds is 2. The zero-order valence-electron chi connectivity index (χ0n) is 8.58. The Bertz CT molecular complexity index is 246. The summed E-state index contributed by atoms with van der Waals surface area (Å²) in [6, 6.07) is 3.97. The Labute approximate surface area is 85.3 Å². The van der Waals surface area contributed by atoms with E-state index in [-0.39, 0.29) is 0 Å². The van der Waals surface area contributed by atoms with E-state index in [1.165, 1.54) is 11.3 Å². The van der Waals surface area contributed by atoms with Gasteiger partial charge in [-0.25, -0.2) is 0 Å². The van der Waals surface area contributed by atoms with Gasteiger partial charge in [0.1, 0.15) is 0 Å². The Morgan fingerprint density at radius 3 is 2.62 bits per heavy atom. The van der Waals surface area contributed by atoms with Gasteiger partial charge in [0.15, 0.2) is 0 Å². The summed E-state index contributed by atoms with van der Waals surface area (Å²) in [7, 11) is 0. The summed E-state index contributed by atoms with van der Waals surface area (Å²) in [4.78, 5) is 5.31. The van der Waals surface area contributed by atoms with E-state index in [1.54, 1.807) is 18.0 Å². The third kappa shape index (κ3) is 5.47. The van der Waals surface area contributed by atoms with Crippen molar-refractivity contribution in [1.82, 2.24) is 4.98 Å². The molecule has 0 aliphatic heterocycles. The van der Waals surface area contributed by atoms with E-state index < -0.39 is 0 Å². The van der Waals surface area contributed by atoms with Gasteiger partial charge in [-0.15, -0.1) is 0 Å². The SMILES string of the molecule is C=CSc1cccnc1C.CCC. The maximum Gasteiger partial charge on any atom is 0.0511 e. The number of hydrogen-bond acceptors (Lipinski definition) is 2. The highest BCUT2D eigenvalue weighted by atomic mass is 32.2. The molecule has 1 rings (SSSR count). The lowest BCUT2D eigenvalue weighted by Crippen LogP contribution is -1.80. The van der Waals surface area contributed by atoms with Gasteiger partial charge in [0, 0.05) is 11.1 Å². The molecule has 72 valence electrons. The van der Waals surface area contributed by atoms with E-state index in [0.717, 1.165) is 5.69 Å². The molecule has 1 aromatic rings. The minimum absolute atomic E-state index is 1.06. The summed E-state index contributed by atoms with van der Waals surface area (Å²) in [5, 5.41) is 1.81. The van der Waals surface area contributed by atoms with Crippen LogP contribution in [-0.4, -0.2) is 4.98 Å². The van der Waals surface area contributed by atoms with Crippen LogP contribution in [0.2, 0.25) is 0 Å². The molecule has 13 heavy (non-hydrogen) atoms. The van der Waals surface area contributed by atoms with Crippen LogP contribution in [0.5, 0.6) is 0 Å². The zero-order valence-corrected chi connectivity index (χ0v) is 9.40. The van der Waals surface area contributed by atoms with Crippen molar-refractivity contribution in [2.75, 3.05) is 0 Å². The number of thioether (sulfide) groups is 1. The number of hydrogen-bond donors (Lipinski definition) is 0. The van der Waals surface area contributed by atoms with Crippen molar-refractivity contribution in [2.45, 2.75) is 32.1 Å². The van der Waals surface area contributed by atoms with Gasteiger partial charge in [-0.05, 0) is 24.5 Å². The van der Waals surface area contributed by atoms with Gasteiger partial charge in [0.2, 0.25) is 0 Å². The van der Waals surface area contributed by atoms with Crippen molar-refractivity contribution in [3.05, 3.63) is 36.0 Å². The zero-order chi connectivity index (χ0) is 10.1. The summed E-state index contributed by atoms with van der Waals surface area (Å²) in [6.07, 6.45) is 3.04. The second-order valence-corrected chi connectivity index (χ2v) is 3.59. The first-order chi connectivity index (χ1) is 6.26. The molecule has 0 aromatic carbocycles. The predicted octanol–water partition coefficient (Wildman–Crippen LogP) is 4.04. The quantitative estimate of drug-likeness (QED) is 0.660. The average Bonchev–Trinajstić information content (AvgIpc) is 2.11. The summed E-state index contributed by atoms with van der Waals surface area (Å²) < 4.78 is 0. The van der Waals surface area contributed by atoms with E-state index in [4.69, 9.17) is 0 Å². The number of aryl methyl sites for hydroxylation is 1. The lowest BCUT2D eigenvalue weighted by Gasteiger charge is -1.97. The third-order valence-corrected chi connectivity index (χ3v) is 2.02. The summed E-state index contributed by atoms with van der Waals surface area (Å²) in [6.45, 7) is 9.87. The first kappa shape index (κ1) is 12.2. The number of aromatic nitrogens is 1. The Kier molecular flexibility index (Phi) is 7.41. The van der Waals surface area contributed by atoms with Crippen molar-refractivity contribution in [3.8, 4) is 0 Å². The van der Waals surface area contributed by atoms with Gasteiger partial charge in [0.25, 0.3) is 0 Å². The Hall–Kier alpha value is -0.760. The third-order valence-electron chi connectivity index (χ3n) is 1.17. The van der Waals surface area contributed by atoms with Crippen LogP contribution in [0.25, 0.3) is 0 Å². The Morgan fingerprint density at radius 2 is 2.15 bits per heavy atom. The van der Waals surface area contributed by atoms with Crippen LogP contribution in [0.4, 0.5) is 0 Å². The monoisotopic (exact) mass is 195 g/mol. The Balaban J connectivity index is 0.000000424. The van der Waals surface area contributed by atoms with Crippen LogP contribution in [0, 0.1) is 6.92 Å². The van der Waals surface area contributed by atoms with Crippen LogP contribution < -0.4 is 0 Å². The molecule has 0 saturated heterocycles. The van der Waals surface area contributed by atoms with E-state index >= 15 is 0 Å². The standard InChI is InChI=1S/C8H9NS.C3H8/c1-3-10-8-5-4-6-9-7(8)2;1-3-2/h3-6H,1H2,2H3;3H2,1-2H3. The molecular weight excluding hydrogens is 178 g/mol. The van der Waals surface area contributed by atoms with Gasteiger partial charge in [-0.3, -0.25) is 4.98 Å². The minimum Gasteiger partial charge on any atom is -0.260 e. The lowest BCUT2D eigenvalue weighted by atomic mass is 10.4. The van der Waals surface area contributed by atoms with Crippen molar-refractivity contribution in [1.29, 1.82) is 0 Å². The normalized spacial score (nSPS) is 8.54. The molecule has 0 unspecified atom stereocenters. The number of pyridine rings is 1. The molecule has 0 amide bonds. The van der Waals surface area contributed by atoms with E-state index in [0.29, 0.717) is 0 Å². The lowest BCUT2D eigenvalue weighted by molar-refractivity contribution is 1.09. The van der Waals surface area contributed by atoms with Crippen molar-refractivity contribution in [3.63, 3.8) is 0 Å². The summed E-state index contributed by atoms with van der Waals surface area (Å²) in [5.41, 5.74) is 1.06. The van der Waals surface area contributed by atoms with Crippen LogP contribution >= 0.6 is 11.8 Å². The fourth-order valence-corrected chi connectivity index (χ4v) is 1.24. The molecule has 0 spiro atoms. The fraction of sp³-hybridized carbons (Fsp3) is 0.364. The first-order valence-electron chi connectivity index (χ1n) is 4.45. The Morgan fingerprint density at radius 1 is 1.54 bits per heavy atom. The highest BCUT2D eigenvalue weighted by Crippen LogP contribution is 2.19. The van der Waals surface area contributed by atoms with Crippen LogP contribution in [0.1, 0.15) is 26.0 Å². The maximum atomic E-state index is 4.13. The molecule has 0 saturated carbocycles. The molecule has 0 atom stereocenters. The number of nitrogens with zero attached hydrogens (tertiary/aromatic N) is 1. The fourth-order valence-electron chi connectivity index (χ4n) is 0.684. The summed E-state index contributed by atoms with van der Waals surface area (Å²) >= 11 is 1.60. The predicted molar refractivity (Wildman–Crippen MR) is 61.0 cm³/mol.